The Balaban J connectivity index is 2.03. The molecule has 1 aromatic heterocycles. The number of rotatable bonds is 10. The molecule has 7 nitrogen and oxygen atoms in total. The monoisotopic (exact) mass is 406 g/mol. The Morgan fingerprint density at radius 1 is 1.18 bits per heavy atom. The molecule has 0 saturated heterocycles. The summed E-state index contributed by atoms with van der Waals surface area (Å²) in [5.41, 5.74) is 2.41. The van der Waals surface area contributed by atoms with Gasteiger partial charge in [-0.1, -0.05) is 0 Å². The molecule has 3 rings (SSSR count). The minimum atomic E-state index is -3.40. The van der Waals surface area contributed by atoms with Gasteiger partial charge in [-0.25, -0.2) is 8.42 Å². The lowest BCUT2D eigenvalue weighted by molar-refractivity contribution is 0.134. The van der Waals surface area contributed by atoms with Crippen LogP contribution in [0.3, 0.4) is 0 Å². The third-order valence-corrected chi connectivity index (χ3v) is 5.87. The van der Waals surface area contributed by atoms with E-state index in [1.165, 1.54) is 6.07 Å². The Labute approximate surface area is 165 Å². The average Bonchev–Trinajstić information content (AvgIpc) is 3.49. The van der Waals surface area contributed by atoms with Crippen molar-refractivity contribution in [2.24, 2.45) is 5.92 Å². The van der Waals surface area contributed by atoms with Gasteiger partial charge in [-0.3, -0.25) is 9.52 Å². The number of anilines is 1. The second kappa shape index (κ2) is 8.79. The summed E-state index contributed by atoms with van der Waals surface area (Å²) in [5, 5.41) is 0. The average molecular weight is 407 g/mol. The molecule has 0 amide bonds. The maximum Gasteiger partial charge on any atom is 0.248 e. The van der Waals surface area contributed by atoms with Gasteiger partial charge in [-0.05, 0) is 56.4 Å². The molecule has 8 heteroatoms. The standard InChI is InChI=1S/C20H26N2O5S/c1-3-26-13-15-9-20(23)21-11-18(15)17-10-16(22-28(24,25)4-2)7-8-19(17)27-12-14-5-6-14/h7-11,14,22H,3-6,12-13H2,1-2H3,(H,21,23). The third-order valence-electron chi connectivity index (χ3n) is 4.57. The molecule has 2 aromatic rings. The van der Waals surface area contributed by atoms with E-state index in [-0.39, 0.29) is 17.9 Å². The highest BCUT2D eigenvalue weighted by Crippen LogP contribution is 2.37. The summed E-state index contributed by atoms with van der Waals surface area (Å²) in [7, 11) is -3.40. The van der Waals surface area contributed by atoms with Gasteiger partial charge in [0, 0.05) is 35.7 Å². The van der Waals surface area contributed by atoms with Gasteiger partial charge >= 0.3 is 0 Å². The molecular formula is C20H26N2O5S. The van der Waals surface area contributed by atoms with E-state index in [1.54, 1.807) is 31.3 Å². The number of hydrogen-bond donors (Lipinski definition) is 2. The van der Waals surface area contributed by atoms with Crippen molar-refractivity contribution in [1.29, 1.82) is 0 Å². The molecule has 1 heterocycles. The number of ether oxygens (including phenoxy) is 2. The lowest BCUT2D eigenvalue weighted by Gasteiger charge is -2.16. The van der Waals surface area contributed by atoms with Crippen LogP contribution in [0.4, 0.5) is 5.69 Å². The van der Waals surface area contributed by atoms with Gasteiger partial charge in [-0.2, -0.15) is 0 Å². The molecule has 0 atom stereocenters. The van der Waals surface area contributed by atoms with Crippen LogP contribution in [0.2, 0.25) is 0 Å². The molecule has 0 spiro atoms. The molecular weight excluding hydrogens is 380 g/mol. The van der Waals surface area contributed by atoms with Crippen molar-refractivity contribution in [1.82, 2.24) is 4.98 Å². The highest BCUT2D eigenvalue weighted by molar-refractivity contribution is 7.92. The molecule has 1 fully saturated rings. The summed E-state index contributed by atoms with van der Waals surface area (Å²) in [6.07, 6.45) is 3.95. The van der Waals surface area contributed by atoms with Gasteiger partial charge in [0.05, 0.1) is 19.0 Å². The Kier molecular flexibility index (Phi) is 6.41. The van der Waals surface area contributed by atoms with Crippen LogP contribution in [0.25, 0.3) is 11.1 Å². The molecule has 1 saturated carbocycles. The van der Waals surface area contributed by atoms with Crippen LogP contribution < -0.4 is 15.0 Å². The fraction of sp³-hybridized carbons (Fsp3) is 0.450. The number of H-pyrrole nitrogens is 1. The van der Waals surface area contributed by atoms with Gasteiger partial charge in [0.15, 0.2) is 0 Å². The van der Waals surface area contributed by atoms with Crippen LogP contribution in [-0.2, 0) is 21.4 Å². The van der Waals surface area contributed by atoms with Crippen LogP contribution in [0.1, 0.15) is 32.3 Å². The molecule has 1 aromatic carbocycles. The molecule has 28 heavy (non-hydrogen) atoms. The van der Waals surface area contributed by atoms with E-state index in [2.05, 4.69) is 9.71 Å². The highest BCUT2D eigenvalue weighted by Gasteiger charge is 2.23. The first kappa shape index (κ1) is 20.4. The molecule has 152 valence electrons. The van der Waals surface area contributed by atoms with Crippen LogP contribution in [0.15, 0.2) is 35.3 Å². The first-order valence-corrected chi connectivity index (χ1v) is 11.1. The first-order chi connectivity index (χ1) is 13.4. The molecule has 0 bridgehead atoms. The summed E-state index contributed by atoms with van der Waals surface area (Å²) in [4.78, 5) is 14.5. The third kappa shape index (κ3) is 5.36. The minimum absolute atomic E-state index is 0.0173. The van der Waals surface area contributed by atoms with E-state index >= 15 is 0 Å². The van der Waals surface area contributed by atoms with Crippen LogP contribution in [0, 0.1) is 5.92 Å². The number of nitrogens with one attached hydrogen (secondary N) is 2. The maximum atomic E-state index is 12.0. The van der Waals surface area contributed by atoms with Crippen molar-refractivity contribution in [3.8, 4) is 16.9 Å². The van der Waals surface area contributed by atoms with E-state index < -0.39 is 10.0 Å². The number of pyridine rings is 1. The largest absolute Gasteiger partial charge is 0.493 e. The molecule has 0 aliphatic heterocycles. The van der Waals surface area contributed by atoms with Gasteiger partial charge < -0.3 is 14.5 Å². The second-order valence-corrected chi connectivity index (χ2v) is 8.86. The Hall–Kier alpha value is -2.32. The number of aromatic amines is 1. The van der Waals surface area contributed by atoms with Crippen molar-refractivity contribution < 1.29 is 17.9 Å². The van der Waals surface area contributed by atoms with Gasteiger partial charge in [0.1, 0.15) is 5.75 Å². The lowest BCUT2D eigenvalue weighted by atomic mass is 10.0. The number of sulfonamides is 1. The SMILES string of the molecule is CCOCc1cc(=O)[nH]cc1-c1cc(NS(=O)(=O)CC)ccc1OCC1CC1. The van der Waals surface area contributed by atoms with E-state index in [9.17, 15) is 13.2 Å². The van der Waals surface area contributed by atoms with Gasteiger partial charge in [0.2, 0.25) is 15.6 Å². The molecule has 1 aliphatic carbocycles. The summed E-state index contributed by atoms with van der Waals surface area (Å²) in [6, 6.07) is 6.69. The molecule has 2 N–H and O–H groups in total. The predicted molar refractivity (Wildman–Crippen MR) is 109 cm³/mol. The van der Waals surface area contributed by atoms with Crippen molar-refractivity contribution in [3.05, 3.63) is 46.4 Å². The zero-order valence-corrected chi connectivity index (χ0v) is 17.0. The molecule has 0 unspecified atom stereocenters. The predicted octanol–water partition coefficient (Wildman–Crippen LogP) is 3.13. The smallest absolute Gasteiger partial charge is 0.248 e. The Bertz CT molecular complexity index is 980. The quantitative estimate of drug-likeness (QED) is 0.632. The molecule has 0 radical (unpaired) electrons. The Morgan fingerprint density at radius 3 is 2.64 bits per heavy atom. The van der Waals surface area contributed by atoms with E-state index in [1.807, 2.05) is 6.92 Å². The Morgan fingerprint density at radius 2 is 1.96 bits per heavy atom. The van der Waals surface area contributed by atoms with Crippen molar-refractivity contribution in [3.63, 3.8) is 0 Å². The van der Waals surface area contributed by atoms with E-state index in [4.69, 9.17) is 9.47 Å². The lowest BCUT2D eigenvalue weighted by Crippen LogP contribution is -2.15. The van der Waals surface area contributed by atoms with E-state index in [0.717, 1.165) is 24.0 Å². The zero-order chi connectivity index (χ0) is 20.1. The number of aromatic nitrogens is 1. The fourth-order valence-corrected chi connectivity index (χ4v) is 3.40. The number of benzene rings is 1. The van der Waals surface area contributed by atoms with Crippen LogP contribution in [0.5, 0.6) is 5.75 Å². The van der Waals surface area contributed by atoms with Crippen molar-refractivity contribution >= 4 is 15.7 Å². The van der Waals surface area contributed by atoms with Crippen molar-refractivity contribution in [2.75, 3.05) is 23.7 Å². The summed E-state index contributed by atoms with van der Waals surface area (Å²) in [6.45, 7) is 4.89. The zero-order valence-electron chi connectivity index (χ0n) is 16.2. The van der Waals surface area contributed by atoms with Gasteiger partial charge in [0.25, 0.3) is 0 Å². The normalized spacial score (nSPS) is 14.1. The van der Waals surface area contributed by atoms with Crippen molar-refractivity contribution in [2.45, 2.75) is 33.3 Å². The van der Waals surface area contributed by atoms with Gasteiger partial charge in [-0.15, -0.1) is 0 Å². The van der Waals surface area contributed by atoms with Crippen LogP contribution in [-0.4, -0.2) is 32.4 Å². The first-order valence-electron chi connectivity index (χ1n) is 9.49. The summed E-state index contributed by atoms with van der Waals surface area (Å²) >= 11 is 0. The highest BCUT2D eigenvalue weighted by atomic mass is 32.2. The van der Waals surface area contributed by atoms with E-state index in [0.29, 0.717) is 36.1 Å². The topological polar surface area (TPSA) is 97.5 Å². The second-order valence-electron chi connectivity index (χ2n) is 6.84. The van der Waals surface area contributed by atoms with Crippen LogP contribution >= 0.6 is 0 Å². The minimum Gasteiger partial charge on any atom is -0.493 e. The maximum absolute atomic E-state index is 12.0. The fourth-order valence-electron chi connectivity index (χ4n) is 2.77. The number of hydrogen-bond acceptors (Lipinski definition) is 5. The summed E-state index contributed by atoms with van der Waals surface area (Å²) in [5.74, 6) is 1.21. The molecule has 1 aliphatic rings. The summed E-state index contributed by atoms with van der Waals surface area (Å²) < 4.78 is 38.0.